The monoisotopic (exact) mass is 416 g/mol. The Balaban J connectivity index is 0.000001000. The summed E-state index contributed by atoms with van der Waals surface area (Å²) in [4.78, 5) is 3.37. The Labute approximate surface area is 142 Å². The lowest BCUT2D eigenvalue weighted by molar-refractivity contribution is -0.362. The van der Waals surface area contributed by atoms with E-state index in [1.807, 2.05) is 23.6 Å². The molecule has 0 unspecified atom stereocenters. The van der Waals surface area contributed by atoms with Gasteiger partial charge in [-0.3, -0.25) is 0 Å². The molecule has 2 aromatic heterocycles. The van der Waals surface area contributed by atoms with E-state index in [4.69, 9.17) is 4.74 Å². The number of aromatic amines is 1. The quantitative estimate of drug-likeness (QED) is 0.466. The van der Waals surface area contributed by atoms with Gasteiger partial charge in [-0.2, -0.15) is 0 Å². The van der Waals surface area contributed by atoms with Crippen molar-refractivity contribution in [2.75, 3.05) is 0 Å². The van der Waals surface area contributed by atoms with E-state index in [-0.39, 0.29) is 34.0 Å². The Hall–Kier alpha value is -0.950. The number of halogens is 2. The zero-order chi connectivity index (χ0) is 12.4. The van der Waals surface area contributed by atoms with Crippen molar-refractivity contribution in [3.8, 4) is 5.75 Å². The molecule has 0 aliphatic rings. The van der Waals surface area contributed by atoms with Crippen molar-refractivity contribution in [1.82, 2.24) is 0 Å². The van der Waals surface area contributed by atoms with Crippen LogP contribution in [0.25, 0.3) is 10.9 Å². The molecule has 106 valence electrons. The van der Waals surface area contributed by atoms with Crippen LogP contribution in [0.5, 0.6) is 5.75 Å². The number of pyridine rings is 1. The van der Waals surface area contributed by atoms with Gasteiger partial charge < -0.3 is 44.4 Å². The van der Waals surface area contributed by atoms with Crippen molar-refractivity contribution < 1.29 is 49.4 Å². The van der Waals surface area contributed by atoms with E-state index in [9.17, 15) is 0 Å². The smallest absolute Gasteiger partial charge is 0.218 e. The molecule has 0 saturated heterocycles. The van der Waals surface area contributed by atoms with E-state index in [1.54, 1.807) is 11.3 Å². The van der Waals surface area contributed by atoms with Crippen LogP contribution in [0, 0.1) is 0 Å². The lowest BCUT2D eigenvalue weighted by Crippen LogP contribution is -3.00. The maximum absolute atomic E-state index is 5.70. The van der Waals surface area contributed by atoms with Crippen molar-refractivity contribution in [3.05, 3.63) is 53.5 Å². The number of fused-ring (bicyclic) bond motifs is 1. The van der Waals surface area contributed by atoms with Gasteiger partial charge in [0, 0.05) is 22.9 Å². The van der Waals surface area contributed by atoms with Crippen molar-refractivity contribution >= 4 is 27.2 Å². The highest BCUT2D eigenvalue weighted by atomic mass is 79.9. The van der Waals surface area contributed by atoms with Crippen molar-refractivity contribution in [1.29, 1.82) is 0 Å². The first-order valence-electron chi connectivity index (χ1n) is 5.74. The van der Waals surface area contributed by atoms with E-state index in [1.165, 1.54) is 5.39 Å². The summed E-state index contributed by atoms with van der Waals surface area (Å²) in [6.07, 6.45) is 0. The number of para-hydroxylation sites is 1. The minimum atomic E-state index is 0. The van der Waals surface area contributed by atoms with Crippen molar-refractivity contribution in [3.63, 3.8) is 0 Å². The van der Waals surface area contributed by atoms with Gasteiger partial charge in [0.2, 0.25) is 11.2 Å². The van der Waals surface area contributed by atoms with Crippen LogP contribution in [0.2, 0.25) is 0 Å². The standard InChI is InChI=1S/C14H12N2OS.2BrH/c15-14-7-12(9-18-14)17-8-11-6-5-10-3-1-2-4-13(10)16-11;;/h1-7,9H,8,15H2;2*1H. The van der Waals surface area contributed by atoms with Crippen LogP contribution in [-0.4, -0.2) is 0 Å². The average Bonchev–Trinajstić information content (AvgIpc) is 2.82. The van der Waals surface area contributed by atoms with Crippen molar-refractivity contribution in [2.24, 2.45) is 0 Å². The highest BCUT2D eigenvalue weighted by Crippen LogP contribution is 2.22. The highest BCUT2D eigenvalue weighted by molar-refractivity contribution is 7.13. The molecule has 3 aromatic rings. The molecule has 0 amide bonds. The van der Waals surface area contributed by atoms with Gasteiger partial charge in [-0.05, 0) is 12.1 Å². The number of ether oxygens (including phenoxy) is 1. The average molecular weight is 418 g/mol. The summed E-state index contributed by atoms with van der Waals surface area (Å²) < 4.78 is 5.70. The van der Waals surface area contributed by atoms with E-state index in [2.05, 4.69) is 35.0 Å². The molecule has 0 atom stereocenters. The number of aromatic nitrogens is 1. The van der Waals surface area contributed by atoms with Gasteiger partial charge in [-0.25, -0.2) is 4.98 Å². The fraction of sp³-hybridized carbons (Fsp3) is 0.0714. The molecule has 0 fully saturated rings. The molecule has 3 rings (SSSR count). The van der Waals surface area contributed by atoms with Crippen LogP contribution >= 0.6 is 11.3 Å². The minimum Gasteiger partial charge on any atom is -1.00 e. The Morgan fingerprint density at radius 2 is 1.90 bits per heavy atom. The molecule has 0 bridgehead atoms. The van der Waals surface area contributed by atoms with Gasteiger partial charge in [-0.15, -0.1) is 0 Å². The van der Waals surface area contributed by atoms with Gasteiger partial charge in [0.05, 0.1) is 6.07 Å². The number of quaternary nitrogens is 1. The zero-order valence-corrected chi connectivity index (χ0v) is 14.6. The van der Waals surface area contributed by atoms with E-state index >= 15 is 0 Å². The number of benzene rings is 1. The van der Waals surface area contributed by atoms with Crippen LogP contribution in [0.3, 0.4) is 0 Å². The molecule has 3 nitrogen and oxygen atoms in total. The molecule has 4 N–H and O–H groups in total. The fourth-order valence-corrected chi connectivity index (χ4v) is 2.43. The second kappa shape index (κ2) is 7.73. The first-order chi connectivity index (χ1) is 8.81. The topological polar surface area (TPSA) is 51.0 Å². The molecular weight excluding hydrogens is 404 g/mol. The summed E-state index contributed by atoms with van der Waals surface area (Å²) in [7, 11) is 0. The van der Waals surface area contributed by atoms with Gasteiger partial charge in [0.25, 0.3) is 0 Å². The Bertz CT molecular complexity index is 688. The predicted octanol–water partition coefficient (Wildman–Crippen LogP) is -3.82. The highest BCUT2D eigenvalue weighted by Gasteiger charge is 2.07. The van der Waals surface area contributed by atoms with Crippen molar-refractivity contribution in [2.45, 2.75) is 6.61 Å². The first kappa shape index (κ1) is 17.1. The number of hydrogen-bond acceptors (Lipinski definition) is 2. The molecule has 2 heterocycles. The summed E-state index contributed by atoms with van der Waals surface area (Å²) in [5.74, 6) is 0.881. The van der Waals surface area contributed by atoms with Crippen LogP contribution in [0.4, 0.5) is 5.00 Å². The van der Waals surface area contributed by atoms with E-state index in [0.29, 0.717) is 6.61 Å². The zero-order valence-electron chi connectivity index (χ0n) is 10.6. The van der Waals surface area contributed by atoms with Gasteiger partial charge >= 0.3 is 0 Å². The third kappa shape index (κ3) is 4.02. The van der Waals surface area contributed by atoms with Gasteiger partial charge in [-0.1, -0.05) is 23.5 Å². The normalized spacial score (nSPS) is 9.65. The van der Waals surface area contributed by atoms with Crippen LogP contribution in [0.15, 0.2) is 47.8 Å². The number of hydrogen-bond donors (Lipinski definition) is 1. The summed E-state index contributed by atoms with van der Waals surface area (Å²) >= 11 is 1.60. The third-order valence-electron chi connectivity index (χ3n) is 2.74. The summed E-state index contributed by atoms with van der Waals surface area (Å²) in [6, 6.07) is 14.3. The molecule has 20 heavy (non-hydrogen) atoms. The molecule has 1 aromatic carbocycles. The fourth-order valence-electron chi connectivity index (χ4n) is 1.84. The lowest BCUT2D eigenvalue weighted by Gasteiger charge is -2.00. The van der Waals surface area contributed by atoms with Gasteiger partial charge in [0.1, 0.15) is 5.75 Å². The number of nitrogens with one attached hydrogen (secondary N) is 1. The molecule has 0 saturated carbocycles. The molecular formula is C14H14Br2N2OS. The predicted molar refractivity (Wildman–Crippen MR) is 71.7 cm³/mol. The molecule has 0 radical (unpaired) electrons. The molecule has 6 heteroatoms. The summed E-state index contributed by atoms with van der Waals surface area (Å²) in [6.45, 7) is 0.543. The first-order valence-corrected chi connectivity index (χ1v) is 6.62. The lowest BCUT2D eigenvalue weighted by atomic mass is 10.2. The second-order valence-electron chi connectivity index (χ2n) is 4.11. The Kier molecular flexibility index (Phi) is 6.61. The largest absolute Gasteiger partial charge is 1.00 e. The van der Waals surface area contributed by atoms with Gasteiger partial charge in [0.15, 0.2) is 11.6 Å². The maximum atomic E-state index is 5.70. The maximum Gasteiger partial charge on any atom is 0.218 e. The van der Waals surface area contributed by atoms with E-state index < -0.39 is 0 Å². The SMILES string of the molecule is [Br-].[Br-].[NH3+]c1cc(OCc2ccc3ccccc3[nH+]2)cs1. The van der Waals surface area contributed by atoms with E-state index in [0.717, 1.165) is 22.0 Å². The van der Waals surface area contributed by atoms with Crippen LogP contribution in [0.1, 0.15) is 5.69 Å². The Morgan fingerprint density at radius 1 is 1.10 bits per heavy atom. The molecule has 0 spiro atoms. The Morgan fingerprint density at radius 3 is 2.65 bits per heavy atom. The minimum absolute atomic E-state index is 0. The number of thiophene rings is 1. The second-order valence-corrected chi connectivity index (χ2v) is 5.10. The molecule has 0 aliphatic carbocycles. The third-order valence-corrected chi connectivity index (χ3v) is 3.51. The van der Waals surface area contributed by atoms with Crippen LogP contribution in [-0.2, 0) is 6.61 Å². The summed E-state index contributed by atoms with van der Waals surface area (Å²) in [5, 5.41) is 4.20. The molecule has 0 aliphatic heterocycles. The number of H-pyrrole nitrogens is 1. The summed E-state index contributed by atoms with van der Waals surface area (Å²) in [5.41, 5.74) is 6.06. The van der Waals surface area contributed by atoms with Crippen LogP contribution < -0.4 is 49.4 Å². The number of rotatable bonds is 3.